The van der Waals surface area contributed by atoms with Gasteiger partial charge in [0.25, 0.3) is 0 Å². The molecule has 0 spiro atoms. The average Bonchev–Trinajstić information content (AvgIpc) is 2.37. The van der Waals surface area contributed by atoms with E-state index in [1.54, 1.807) is 0 Å². The molecule has 1 saturated heterocycles. The maximum absolute atomic E-state index is 3.56. The molecule has 0 aromatic heterocycles. The smallest absolute Gasteiger partial charge is 0.0398 e. The summed E-state index contributed by atoms with van der Waals surface area (Å²) in [5.74, 6) is 0. The largest absolute Gasteiger partial charge is 0.369 e. The summed E-state index contributed by atoms with van der Waals surface area (Å²) in [4.78, 5) is 2.58. The molecule has 0 saturated carbocycles. The number of benzene rings is 1. The Bertz CT molecular complexity index is 445. The number of nitrogens with zero attached hydrogens (tertiary/aromatic N) is 1. The molecule has 1 atom stereocenters. The quantitative estimate of drug-likeness (QED) is 0.886. The third kappa shape index (κ3) is 3.99. The van der Waals surface area contributed by atoms with Crippen LogP contribution in [0.3, 0.4) is 0 Å². The number of rotatable bonds is 3. The second-order valence-corrected chi connectivity index (χ2v) is 7.26. The van der Waals surface area contributed by atoms with E-state index >= 15 is 0 Å². The van der Waals surface area contributed by atoms with Crippen LogP contribution in [0.25, 0.3) is 0 Å². The lowest BCUT2D eigenvalue weighted by Gasteiger charge is -2.36. The van der Waals surface area contributed by atoms with Gasteiger partial charge in [-0.2, -0.15) is 0 Å². The molecule has 20 heavy (non-hydrogen) atoms. The Balaban J connectivity index is 2.09. The Kier molecular flexibility index (Phi) is 4.74. The van der Waals surface area contributed by atoms with Crippen molar-refractivity contribution < 1.29 is 0 Å². The van der Waals surface area contributed by atoms with Crippen LogP contribution in [0.1, 0.15) is 58.1 Å². The fourth-order valence-corrected chi connectivity index (χ4v) is 2.97. The van der Waals surface area contributed by atoms with Crippen molar-refractivity contribution >= 4 is 5.69 Å². The van der Waals surface area contributed by atoms with Crippen LogP contribution in [0.4, 0.5) is 5.69 Å². The molecule has 0 bridgehead atoms. The topological polar surface area (TPSA) is 15.3 Å². The Morgan fingerprint density at radius 2 is 2.00 bits per heavy atom. The molecular formula is C18H30N2. The highest BCUT2D eigenvalue weighted by atomic mass is 15.2. The first-order valence-corrected chi connectivity index (χ1v) is 7.98. The van der Waals surface area contributed by atoms with Crippen molar-refractivity contribution in [3.8, 4) is 0 Å². The number of aryl methyl sites for hydroxylation is 1. The molecule has 1 aromatic carbocycles. The normalized spacial score (nSPS) is 20.2. The third-order valence-electron chi connectivity index (χ3n) is 4.20. The minimum absolute atomic E-state index is 0.175. The first-order valence-electron chi connectivity index (χ1n) is 7.98. The summed E-state index contributed by atoms with van der Waals surface area (Å²) < 4.78 is 0. The van der Waals surface area contributed by atoms with Crippen molar-refractivity contribution in [3.63, 3.8) is 0 Å². The molecule has 112 valence electrons. The van der Waals surface area contributed by atoms with Gasteiger partial charge in [0.2, 0.25) is 0 Å². The average molecular weight is 274 g/mol. The summed E-state index contributed by atoms with van der Waals surface area (Å²) in [6, 6.07) is 7.62. The number of hydrogen-bond donors (Lipinski definition) is 1. The summed E-state index contributed by atoms with van der Waals surface area (Å²) in [6.45, 7) is 13.4. The van der Waals surface area contributed by atoms with Crippen LogP contribution in [-0.2, 0) is 6.54 Å². The Hall–Kier alpha value is -1.02. The molecule has 2 rings (SSSR count). The summed E-state index contributed by atoms with van der Waals surface area (Å²) in [6.07, 6.45) is 4.04. The lowest BCUT2D eigenvalue weighted by molar-refractivity contribution is 0.424. The molecule has 2 heteroatoms. The molecule has 1 aromatic rings. The first-order chi connectivity index (χ1) is 9.37. The van der Waals surface area contributed by atoms with E-state index in [-0.39, 0.29) is 5.54 Å². The molecule has 1 unspecified atom stereocenters. The molecule has 1 N–H and O–H groups in total. The van der Waals surface area contributed by atoms with Gasteiger partial charge in [-0.25, -0.2) is 0 Å². The molecule has 0 amide bonds. The van der Waals surface area contributed by atoms with E-state index in [1.807, 2.05) is 0 Å². The van der Waals surface area contributed by atoms with Gasteiger partial charge in [-0.15, -0.1) is 0 Å². The van der Waals surface area contributed by atoms with Crippen molar-refractivity contribution in [3.05, 3.63) is 29.3 Å². The fraction of sp³-hybridized carbons (Fsp3) is 0.667. The van der Waals surface area contributed by atoms with Crippen molar-refractivity contribution in [2.45, 2.75) is 72.0 Å². The van der Waals surface area contributed by atoms with Crippen LogP contribution >= 0.6 is 0 Å². The van der Waals surface area contributed by atoms with Gasteiger partial charge in [0, 0.05) is 30.4 Å². The third-order valence-corrected chi connectivity index (χ3v) is 4.20. The number of piperidine rings is 1. The Morgan fingerprint density at radius 3 is 2.60 bits per heavy atom. The highest BCUT2D eigenvalue weighted by Gasteiger charge is 2.20. The lowest BCUT2D eigenvalue weighted by atomic mass is 10.00. The minimum atomic E-state index is 0.175. The Labute approximate surface area is 124 Å². The van der Waals surface area contributed by atoms with Gasteiger partial charge < -0.3 is 10.2 Å². The predicted molar refractivity (Wildman–Crippen MR) is 88.4 cm³/mol. The predicted octanol–water partition coefficient (Wildman–Crippen LogP) is 4.26. The summed E-state index contributed by atoms with van der Waals surface area (Å²) in [5, 5.41) is 3.56. The molecule has 2 nitrogen and oxygen atoms in total. The zero-order valence-corrected chi connectivity index (χ0v) is 13.8. The molecule has 1 fully saturated rings. The second kappa shape index (κ2) is 6.17. The highest BCUT2D eigenvalue weighted by Crippen LogP contribution is 2.28. The van der Waals surface area contributed by atoms with Crippen molar-refractivity contribution in [1.29, 1.82) is 0 Å². The molecule has 1 aliphatic rings. The SMILES string of the molecule is Cc1cc(CNC(C)(C)C)ccc1N1CCCCC1C. The first kappa shape index (κ1) is 15.4. The van der Waals surface area contributed by atoms with E-state index in [1.165, 1.54) is 42.6 Å². The van der Waals surface area contributed by atoms with Gasteiger partial charge >= 0.3 is 0 Å². The molecule has 1 aliphatic heterocycles. The van der Waals surface area contributed by atoms with Crippen LogP contribution in [0.2, 0.25) is 0 Å². The van der Waals surface area contributed by atoms with E-state index in [4.69, 9.17) is 0 Å². The molecular weight excluding hydrogens is 244 g/mol. The van der Waals surface area contributed by atoms with Crippen LogP contribution in [0.15, 0.2) is 18.2 Å². The van der Waals surface area contributed by atoms with E-state index in [9.17, 15) is 0 Å². The minimum Gasteiger partial charge on any atom is -0.369 e. The maximum Gasteiger partial charge on any atom is 0.0398 e. The van der Waals surface area contributed by atoms with Crippen LogP contribution in [0, 0.1) is 6.92 Å². The summed E-state index contributed by atoms with van der Waals surface area (Å²) in [5.41, 5.74) is 4.39. The van der Waals surface area contributed by atoms with Crippen molar-refractivity contribution in [1.82, 2.24) is 5.32 Å². The van der Waals surface area contributed by atoms with Crippen molar-refractivity contribution in [2.24, 2.45) is 0 Å². The maximum atomic E-state index is 3.56. The van der Waals surface area contributed by atoms with Crippen LogP contribution in [-0.4, -0.2) is 18.1 Å². The summed E-state index contributed by atoms with van der Waals surface area (Å²) in [7, 11) is 0. The lowest BCUT2D eigenvalue weighted by Crippen LogP contribution is -2.38. The van der Waals surface area contributed by atoms with E-state index in [0.717, 1.165) is 6.54 Å². The summed E-state index contributed by atoms with van der Waals surface area (Å²) >= 11 is 0. The zero-order valence-electron chi connectivity index (χ0n) is 13.8. The zero-order chi connectivity index (χ0) is 14.8. The number of nitrogens with one attached hydrogen (secondary N) is 1. The van der Waals surface area contributed by atoms with Crippen LogP contribution < -0.4 is 10.2 Å². The van der Waals surface area contributed by atoms with Crippen molar-refractivity contribution in [2.75, 3.05) is 11.4 Å². The van der Waals surface area contributed by atoms with E-state index in [2.05, 4.69) is 63.0 Å². The number of hydrogen-bond acceptors (Lipinski definition) is 2. The van der Waals surface area contributed by atoms with Gasteiger partial charge in [0.05, 0.1) is 0 Å². The van der Waals surface area contributed by atoms with Gasteiger partial charge in [-0.05, 0) is 71.1 Å². The Morgan fingerprint density at radius 1 is 1.25 bits per heavy atom. The van der Waals surface area contributed by atoms with Gasteiger partial charge in [0.15, 0.2) is 0 Å². The van der Waals surface area contributed by atoms with Gasteiger partial charge in [0.1, 0.15) is 0 Å². The van der Waals surface area contributed by atoms with Gasteiger partial charge in [-0.3, -0.25) is 0 Å². The molecule has 0 radical (unpaired) electrons. The van der Waals surface area contributed by atoms with E-state index in [0.29, 0.717) is 6.04 Å². The monoisotopic (exact) mass is 274 g/mol. The fourth-order valence-electron chi connectivity index (χ4n) is 2.97. The van der Waals surface area contributed by atoms with Crippen LogP contribution in [0.5, 0.6) is 0 Å². The second-order valence-electron chi connectivity index (χ2n) is 7.26. The number of anilines is 1. The highest BCUT2D eigenvalue weighted by molar-refractivity contribution is 5.55. The molecule has 0 aliphatic carbocycles. The van der Waals surface area contributed by atoms with E-state index < -0.39 is 0 Å². The molecule has 1 heterocycles. The van der Waals surface area contributed by atoms with Gasteiger partial charge in [-0.1, -0.05) is 12.1 Å². The standard InChI is InChI=1S/C18H30N2/c1-14-12-16(13-19-18(3,4)5)9-10-17(14)20-11-7-6-8-15(20)2/h9-10,12,15,19H,6-8,11,13H2,1-5H3.